The molecule has 13 heavy (non-hydrogen) atoms. The third kappa shape index (κ3) is 1.82. The molecular weight excluding hydrogens is 184 g/mol. The van der Waals surface area contributed by atoms with Crippen LogP contribution in [0.1, 0.15) is 32.1 Å². The van der Waals surface area contributed by atoms with Crippen molar-refractivity contribution in [2.75, 3.05) is 13.1 Å². The molecular formula is C10H17ClN2. The van der Waals surface area contributed by atoms with E-state index in [4.69, 9.17) is 0 Å². The third-order valence-corrected chi connectivity index (χ3v) is 3.61. The van der Waals surface area contributed by atoms with E-state index >= 15 is 0 Å². The number of rotatable bonds is 1. The smallest absolute Gasteiger partial charge is 0.0693 e. The van der Waals surface area contributed by atoms with Crippen molar-refractivity contribution < 1.29 is 0 Å². The molecule has 2 aliphatic rings. The molecule has 0 aromatic heterocycles. The van der Waals surface area contributed by atoms with E-state index in [1.54, 1.807) is 0 Å². The molecule has 2 rings (SSSR count). The summed E-state index contributed by atoms with van der Waals surface area (Å²) >= 11 is 0. The molecule has 0 spiro atoms. The molecule has 1 aliphatic heterocycles. The molecule has 3 heteroatoms. The maximum Gasteiger partial charge on any atom is 0.0693 e. The minimum absolute atomic E-state index is 0. The molecule has 1 aliphatic carbocycles. The summed E-state index contributed by atoms with van der Waals surface area (Å²) in [5.41, 5.74) is 0.0590. The van der Waals surface area contributed by atoms with Gasteiger partial charge in [0.1, 0.15) is 0 Å². The average molecular weight is 201 g/mol. The highest BCUT2D eigenvalue weighted by molar-refractivity contribution is 5.85. The third-order valence-electron chi connectivity index (χ3n) is 3.61. The lowest BCUT2D eigenvalue weighted by Gasteiger charge is -2.43. The molecule has 0 bridgehead atoms. The Kier molecular flexibility index (Phi) is 3.58. The highest BCUT2D eigenvalue weighted by Crippen LogP contribution is 2.46. The zero-order chi connectivity index (χ0) is 8.44. The molecule has 2 nitrogen and oxygen atoms in total. The summed E-state index contributed by atoms with van der Waals surface area (Å²) in [6, 6.07) is 2.58. The summed E-state index contributed by atoms with van der Waals surface area (Å²) in [5.74, 6) is 0.726. The van der Waals surface area contributed by atoms with Gasteiger partial charge in [0.15, 0.2) is 0 Å². The van der Waals surface area contributed by atoms with Crippen LogP contribution in [0.25, 0.3) is 0 Å². The number of halogens is 1. The summed E-state index contributed by atoms with van der Waals surface area (Å²) in [5, 5.41) is 12.5. The Morgan fingerprint density at radius 1 is 1.23 bits per heavy atom. The van der Waals surface area contributed by atoms with E-state index in [0.717, 1.165) is 31.8 Å². The van der Waals surface area contributed by atoms with Gasteiger partial charge in [0, 0.05) is 0 Å². The Bertz CT molecular complexity index is 199. The van der Waals surface area contributed by atoms with Gasteiger partial charge in [-0.2, -0.15) is 5.26 Å². The van der Waals surface area contributed by atoms with Gasteiger partial charge < -0.3 is 5.32 Å². The standard InChI is InChI=1S/C10H16N2.ClH/c11-8-10(9-2-1-3-9)4-6-12-7-5-10;/h9,12H,1-7H2;1H. The fraction of sp³-hybridized carbons (Fsp3) is 0.900. The average Bonchev–Trinajstić information content (AvgIpc) is 2.03. The predicted octanol–water partition coefficient (Wildman–Crippen LogP) is 2.10. The minimum Gasteiger partial charge on any atom is -0.317 e. The van der Waals surface area contributed by atoms with Gasteiger partial charge in [-0.15, -0.1) is 12.4 Å². The molecule has 0 aromatic rings. The van der Waals surface area contributed by atoms with Gasteiger partial charge in [-0.1, -0.05) is 6.42 Å². The number of nitrogens with one attached hydrogen (secondary N) is 1. The van der Waals surface area contributed by atoms with Gasteiger partial charge in [-0.05, 0) is 44.7 Å². The van der Waals surface area contributed by atoms with Gasteiger partial charge >= 0.3 is 0 Å². The molecule has 74 valence electrons. The lowest BCUT2D eigenvalue weighted by molar-refractivity contribution is 0.103. The molecule has 1 heterocycles. The van der Waals surface area contributed by atoms with Crippen molar-refractivity contribution in [2.24, 2.45) is 11.3 Å². The van der Waals surface area contributed by atoms with E-state index in [-0.39, 0.29) is 17.8 Å². The van der Waals surface area contributed by atoms with E-state index in [1.807, 2.05) is 0 Å². The van der Waals surface area contributed by atoms with Crippen LogP contribution < -0.4 is 5.32 Å². The van der Waals surface area contributed by atoms with Crippen molar-refractivity contribution in [3.63, 3.8) is 0 Å². The van der Waals surface area contributed by atoms with Gasteiger partial charge in [0.25, 0.3) is 0 Å². The van der Waals surface area contributed by atoms with Crippen LogP contribution in [0.2, 0.25) is 0 Å². The quantitative estimate of drug-likeness (QED) is 0.704. The van der Waals surface area contributed by atoms with Crippen LogP contribution in [0.5, 0.6) is 0 Å². The minimum atomic E-state index is 0. The first kappa shape index (κ1) is 10.8. The lowest BCUT2D eigenvalue weighted by atomic mass is 9.62. The number of hydrogen-bond acceptors (Lipinski definition) is 2. The second-order valence-electron chi connectivity index (χ2n) is 4.15. The molecule has 1 saturated carbocycles. The summed E-state index contributed by atoms with van der Waals surface area (Å²) in [4.78, 5) is 0. The zero-order valence-corrected chi connectivity index (χ0v) is 8.70. The molecule has 0 amide bonds. The Labute approximate surface area is 86.1 Å². The van der Waals surface area contributed by atoms with Crippen LogP contribution in [0.4, 0.5) is 0 Å². The monoisotopic (exact) mass is 200 g/mol. The lowest BCUT2D eigenvalue weighted by Crippen LogP contribution is -2.43. The Hall–Kier alpha value is -0.260. The zero-order valence-electron chi connectivity index (χ0n) is 7.88. The summed E-state index contributed by atoms with van der Waals surface area (Å²) in [6.07, 6.45) is 6.10. The van der Waals surface area contributed by atoms with Crippen LogP contribution in [-0.2, 0) is 0 Å². The van der Waals surface area contributed by atoms with Crippen LogP contribution in [0.3, 0.4) is 0 Å². The number of nitriles is 1. The van der Waals surface area contributed by atoms with E-state index < -0.39 is 0 Å². The second-order valence-corrected chi connectivity index (χ2v) is 4.15. The van der Waals surface area contributed by atoms with Crippen LogP contribution in [0, 0.1) is 22.7 Å². The van der Waals surface area contributed by atoms with Crippen molar-refractivity contribution in [3.05, 3.63) is 0 Å². The normalized spacial score (nSPS) is 26.7. The summed E-state index contributed by atoms with van der Waals surface area (Å²) in [7, 11) is 0. The fourth-order valence-electron chi connectivity index (χ4n) is 2.45. The Morgan fingerprint density at radius 3 is 2.23 bits per heavy atom. The first-order chi connectivity index (χ1) is 5.87. The molecule has 0 radical (unpaired) electrons. The van der Waals surface area contributed by atoms with Gasteiger partial charge in [0.2, 0.25) is 0 Å². The number of nitrogens with zero attached hydrogens (tertiary/aromatic N) is 1. The van der Waals surface area contributed by atoms with Crippen LogP contribution >= 0.6 is 12.4 Å². The van der Waals surface area contributed by atoms with E-state index in [0.29, 0.717) is 0 Å². The fourth-order valence-corrected chi connectivity index (χ4v) is 2.45. The summed E-state index contributed by atoms with van der Waals surface area (Å²) < 4.78 is 0. The van der Waals surface area contributed by atoms with Gasteiger partial charge in [0.05, 0.1) is 11.5 Å². The maximum atomic E-state index is 9.20. The molecule has 0 aromatic carbocycles. The first-order valence-electron chi connectivity index (χ1n) is 4.99. The maximum absolute atomic E-state index is 9.20. The van der Waals surface area contributed by atoms with Gasteiger partial charge in [-0.3, -0.25) is 0 Å². The van der Waals surface area contributed by atoms with Crippen molar-refractivity contribution in [1.29, 1.82) is 5.26 Å². The largest absolute Gasteiger partial charge is 0.317 e. The molecule has 1 saturated heterocycles. The van der Waals surface area contributed by atoms with Crippen LogP contribution in [-0.4, -0.2) is 13.1 Å². The molecule has 0 atom stereocenters. The summed E-state index contributed by atoms with van der Waals surface area (Å²) in [6.45, 7) is 2.09. The SMILES string of the molecule is Cl.N#CC1(C2CCC2)CCNCC1. The van der Waals surface area contributed by atoms with Crippen molar-refractivity contribution in [3.8, 4) is 6.07 Å². The van der Waals surface area contributed by atoms with Crippen molar-refractivity contribution >= 4 is 12.4 Å². The predicted molar refractivity (Wildman–Crippen MR) is 54.7 cm³/mol. The van der Waals surface area contributed by atoms with Gasteiger partial charge in [-0.25, -0.2) is 0 Å². The topological polar surface area (TPSA) is 35.8 Å². The van der Waals surface area contributed by atoms with E-state index in [2.05, 4.69) is 11.4 Å². The first-order valence-corrected chi connectivity index (χ1v) is 4.99. The van der Waals surface area contributed by atoms with E-state index in [1.165, 1.54) is 19.3 Å². The Balaban J connectivity index is 0.000000845. The Morgan fingerprint density at radius 2 is 1.85 bits per heavy atom. The van der Waals surface area contributed by atoms with Crippen LogP contribution in [0.15, 0.2) is 0 Å². The van der Waals surface area contributed by atoms with Crippen molar-refractivity contribution in [2.45, 2.75) is 32.1 Å². The molecule has 1 N–H and O–H groups in total. The molecule has 0 unspecified atom stereocenters. The highest BCUT2D eigenvalue weighted by atomic mass is 35.5. The van der Waals surface area contributed by atoms with E-state index in [9.17, 15) is 5.26 Å². The highest BCUT2D eigenvalue weighted by Gasteiger charge is 2.42. The molecule has 2 fully saturated rings. The second kappa shape index (κ2) is 4.30. The van der Waals surface area contributed by atoms with Crippen molar-refractivity contribution in [1.82, 2.24) is 5.32 Å². The number of hydrogen-bond donors (Lipinski definition) is 1. The number of piperidine rings is 1.